The Kier molecular flexibility index (Phi) is 5.21. The Morgan fingerprint density at radius 1 is 1.12 bits per heavy atom. The molecule has 24 heavy (non-hydrogen) atoms. The van der Waals surface area contributed by atoms with Gasteiger partial charge >= 0.3 is 12.1 Å². The molecule has 1 saturated heterocycles. The number of methoxy groups -OCH3 is 1. The van der Waals surface area contributed by atoms with E-state index in [0.29, 0.717) is 25.9 Å². The number of rotatable bonds is 2. The zero-order chi connectivity index (χ0) is 18.0. The largest absolute Gasteiger partial charge is 0.468 e. The van der Waals surface area contributed by atoms with Crippen molar-refractivity contribution in [1.29, 1.82) is 0 Å². The van der Waals surface area contributed by atoms with Gasteiger partial charge in [-0.25, -0.2) is 4.79 Å². The summed E-state index contributed by atoms with van der Waals surface area (Å²) < 4.78 is 10.5. The molecule has 5 heteroatoms. The van der Waals surface area contributed by atoms with Crippen LogP contribution in [0, 0.1) is 6.92 Å². The van der Waals surface area contributed by atoms with Gasteiger partial charge in [0.05, 0.1) is 12.5 Å². The van der Waals surface area contributed by atoms with E-state index in [0.717, 1.165) is 11.1 Å². The summed E-state index contributed by atoms with van der Waals surface area (Å²) in [6.45, 7) is 8.49. The molecule has 1 aromatic carbocycles. The Hall–Kier alpha value is -2.04. The van der Waals surface area contributed by atoms with Gasteiger partial charge in [-0.2, -0.15) is 0 Å². The zero-order valence-electron chi connectivity index (χ0n) is 15.2. The third-order valence-corrected chi connectivity index (χ3v) is 4.51. The van der Waals surface area contributed by atoms with Crippen LogP contribution in [0.25, 0.3) is 0 Å². The van der Waals surface area contributed by atoms with Crippen LogP contribution in [-0.4, -0.2) is 42.8 Å². The van der Waals surface area contributed by atoms with Crippen molar-refractivity contribution in [1.82, 2.24) is 4.90 Å². The zero-order valence-corrected chi connectivity index (χ0v) is 15.2. The van der Waals surface area contributed by atoms with Crippen LogP contribution in [-0.2, 0) is 19.7 Å². The summed E-state index contributed by atoms with van der Waals surface area (Å²) in [5.74, 6) is -0.236. The van der Waals surface area contributed by atoms with E-state index in [9.17, 15) is 9.59 Å². The fraction of sp³-hybridized carbons (Fsp3) is 0.579. The van der Waals surface area contributed by atoms with Crippen LogP contribution in [0.4, 0.5) is 4.79 Å². The van der Waals surface area contributed by atoms with Crippen LogP contribution >= 0.6 is 0 Å². The maximum Gasteiger partial charge on any atom is 0.410 e. The molecular formula is C19H27NO4. The average Bonchev–Trinajstić information content (AvgIpc) is 2.53. The van der Waals surface area contributed by atoms with Gasteiger partial charge in [-0.15, -0.1) is 0 Å². The van der Waals surface area contributed by atoms with E-state index in [2.05, 4.69) is 0 Å². The van der Waals surface area contributed by atoms with Crippen molar-refractivity contribution in [2.45, 2.75) is 51.6 Å². The Morgan fingerprint density at radius 2 is 1.71 bits per heavy atom. The topological polar surface area (TPSA) is 55.8 Å². The molecule has 0 radical (unpaired) electrons. The maximum atomic E-state index is 12.6. The lowest BCUT2D eigenvalue weighted by Gasteiger charge is -2.40. The van der Waals surface area contributed by atoms with Gasteiger partial charge in [0.2, 0.25) is 0 Å². The van der Waals surface area contributed by atoms with E-state index < -0.39 is 11.0 Å². The highest BCUT2D eigenvalue weighted by Crippen LogP contribution is 2.38. The van der Waals surface area contributed by atoms with Gasteiger partial charge in [0.15, 0.2) is 0 Å². The first-order valence-electron chi connectivity index (χ1n) is 8.32. The second kappa shape index (κ2) is 6.83. The van der Waals surface area contributed by atoms with Gasteiger partial charge in [-0.3, -0.25) is 4.79 Å². The fourth-order valence-corrected chi connectivity index (χ4v) is 3.29. The number of ether oxygens (including phenoxy) is 2. The number of nitrogens with zero attached hydrogens (tertiary/aromatic N) is 1. The number of hydrogen-bond donors (Lipinski definition) is 0. The normalized spacial score (nSPS) is 17.3. The first kappa shape index (κ1) is 18.3. The van der Waals surface area contributed by atoms with Gasteiger partial charge in [-0.05, 0) is 51.7 Å². The summed E-state index contributed by atoms with van der Waals surface area (Å²) in [5, 5.41) is 0. The minimum absolute atomic E-state index is 0.236. The van der Waals surface area contributed by atoms with Crippen LogP contribution in [0.2, 0.25) is 0 Å². The summed E-state index contributed by atoms with van der Waals surface area (Å²) in [6, 6.07) is 7.88. The molecule has 1 fully saturated rings. The molecule has 0 unspecified atom stereocenters. The predicted molar refractivity (Wildman–Crippen MR) is 91.9 cm³/mol. The first-order chi connectivity index (χ1) is 11.2. The molecule has 0 spiro atoms. The number of carbonyl (C=O) groups is 2. The predicted octanol–water partition coefficient (Wildman–Crippen LogP) is 3.44. The van der Waals surface area contributed by atoms with Gasteiger partial charge in [0.1, 0.15) is 5.60 Å². The van der Waals surface area contributed by atoms with E-state index in [-0.39, 0.29) is 12.1 Å². The number of benzene rings is 1. The lowest BCUT2D eigenvalue weighted by Crippen LogP contribution is -2.50. The van der Waals surface area contributed by atoms with Gasteiger partial charge < -0.3 is 14.4 Å². The third kappa shape index (κ3) is 3.71. The number of aryl methyl sites for hydroxylation is 1. The Bertz CT molecular complexity index is 610. The molecule has 1 aromatic rings. The highest BCUT2D eigenvalue weighted by atomic mass is 16.6. The fourth-order valence-electron chi connectivity index (χ4n) is 3.29. The van der Waals surface area contributed by atoms with Crippen molar-refractivity contribution in [2.75, 3.05) is 20.2 Å². The second-order valence-corrected chi connectivity index (χ2v) is 7.36. The molecule has 1 amide bonds. The molecule has 0 aliphatic carbocycles. The Morgan fingerprint density at radius 3 is 2.21 bits per heavy atom. The lowest BCUT2D eigenvalue weighted by molar-refractivity contribution is -0.149. The average molecular weight is 333 g/mol. The molecule has 1 aliphatic rings. The SMILES string of the molecule is COC(=O)C1(c2ccccc2C)CCN(C(=O)OC(C)(C)C)CC1. The highest BCUT2D eigenvalue weighted by molar-refractivity contribution is 5.84. The monoisotopic (exact) mass is 333 g/mol. The number of hydrogen-bond acceptors (Lipinski definition) is 4. The number of likely N-dealkylation sites (tertiary alicyclic amines) is 1. The minimum atomic E-state index is -0.696. The first-order valence-corrected chi connectivity index (χ1v) is 8.32. The molecule has 5 nitrogen and oxygen atoms in total. The summed E-state index contributed by atoms with van der Waals surface area (Å²) in [5.41, 5.74) is 0.831. The van der Waals surface area contributed by atoms with E-state index in [4.69, 9.17) is 9.47 Å². The minimum Gasteiger partial charge on any atom is -0.468 e. The van der Waals surface area contributed by atoms with Gasteiger partial charge in [0.25, 0.3) is 0 Å². The molecule has 0 bridgehead atoms. The molecular weight excluding hydrogens is 306 g/mol. The molecule has 132 valence electrons. The third-order valence-electron chi connectivity index (χ3n) is 4.51. The van der Waals surface area contributed by atoms with Crippen molar-refractivity contribution in [2.24, 2.45) is 0 Å². The van der Waals surface area contributed by atoms with Crippen molar-refractivity contribution in [3.8, 4) is 0 Å². The standard InChI is InChI=1S/C19H27NO4/c1-14-8-6-7-9-15(14)19(16(21)23-5)10-12-20(13-11-19)17(22)24-18(2,3)4/h6-9H,10-13H2,1-5H3. The summed E-state index contributed by atoms with van der Waals surface area (Å²) in [6.07, 6.45) is 0.735. The smallest absolute Gasteiger partial charge is 0.410 e. The van der Waals surface area contributed by atoms with Gasteiger partial charge in [-0.1, -0.05) is 24.3 Å². The number of carbonyl (C=O) groups excluding carboxylic acids is 2. The summed E-state index contributed by atoms with van der Waals surface area (Å²) >= 11 is 0. The second-order valence-electron chi connectivity index (χ2n) is 7.36. The van der Waals surface area contributed by atoms with Crippen molar-refractivity contribution in [3.63, 3.8) is 0 Å². The number of esters is 1. The highest BCUT2D eigenvalue weighted by Gasteiger charge is 2.46. The lowest BCUT2D eigenvalue weighted by atomic mass is 9.71. The van der Waals surface area contributed by atoms with Crippen LogP contribution in [0.3, 0.4) is 0 Å². The molecule has 1 heterocycles. The van der Waals surface area contributed by atoms with E-state index in [1.54, 1.807) is 4.90 Å². The van der Waals surface area contributed by atoms with Gasteiger partial charge in [0, 0.05) is 13.1 Å². The van der Waals surface area contributed by atoms with Crippen LogP contribution in [0.1, 0.15) is 44.7 Å². The summed E-state index contributed by atoms with van der Waals surface area (Å²) in [4.78, 5) is 26.5. The number of amides is 1. The van der Waals surface area contributed by atoms with Crippen LogP contribution in [0.5, 0.6) is 0 Å². The molecule has 2 rings (SSSR count). The van der Waals surface area contributed by atoms with E-state index in [1.807, 2.05) is 52.0 Å². The number of piperidine rings is 1. The Balaban J connectivity index is 2.22. The van der Waals surface area contributed by atoms with Crippen LogP contribution in [0.15, 0.2) is 24.3 Å². The molecule has 0 N–H and O–H groups in total. The Labute approximate surface area is 143 Å². The van der Waals surface area contributed by atoms with E-state index in [1.165, 1.54) is 7.11 Å². The quantitative estimate of drug-likeness (QED) is 0.778. The molecule has 1 aliphatic heterocycles. The van der Waals surface area contributed by atoms with E-state index >= 15 is 0 Å². The molecule has 0 aromatic heterocycles. The van der Waals surface area contributed by atoms with Crippen LogP contribution < -0.4 is 0 Å². The maximum absolute atomic E-state index is 12.6. The summed E-state index contributed by atoms with van der Waals surface area (Å²) in [7, 11) is 1.42. The van der Waals surface area contributed by atoms with Crippen molar-refractivity contribution < 1.29 is 19.1 Å². The van der Waals surface area contributed by atoms with Crippen molar-refractivity contribution >= 4 is 12.1 Å². The molecule has 0 atom stereocenters. The van der Waals surface area contributed by atoms with Crippen molar-refractivity contribution in [3.05, 3.63) is 35.4 Å². The molecule has 0 saturated carbocycles.